The molecule has 0 aliphatic rings. The van der Waals surface area contributed by atoms with E-state index in [1.807, 2.05) is 31.2 Å². The largest absolute Gasteiger partial charge is 0.493 e. The maximum atomic E-state index is 12.8. The topological polar surface area (TPSA) is 55.6 Å². The number of anilines is 1. The monoisotopic (exact) mass is 371 g/mol. The second-order valence-corrected chi connectivity index (χ2v) is 6.95. The molecule has 2 aromatic heterocycles. The first-order valence-corrected chi connectivity index (χ1v) is 9.06. The molecule has 6 heteroatoms. The van der Waals surface area contributed by atoms with Crippen LogP contribution in [0.15, 0.2) is 42.6 Å². The van der Waals surface area contributed by atoms with Gasteiger partial charge in [0.05, 0.1) is 12.3 Å². The highest BCUT2D eigenvalue weighted by atomic mass is 35.5. The van der Waals surface area contributed by atoms with Crippen LogP contribution in [0.5, 0.6) is 5.75 Å². The lowest BCUT2D eigenvalue weighted by Crippen LogP contribution is -2.16. The minimum Gasteiger partial charge on any atom is -0.493 e. The normalized spacial score (nSPS) is 11.1. The average molecular weight is 372 g/mol. The molecule has 0 fully saturated rings. The maximum Gasteiger partial charge on any atom is 0.274 e. The molecule has 3 aromatic rings. The minimum absolute atomic E-state index is 0.201. The van der Waals surface area contributed by atoms with E-state index in [1.165, 1.54) is 0 Å². The number of aryl methyl sites for hydroxylation is 1. The van der Waals surface area contributed by atoms with Gasteiger partial charge in [-0.15, -0.1) is 0 Å². The Morgan fingerprint density at radius 2 is 2.00 bits per heavy atom. The van der Waals surface area contributed by atoms with Crippen LogP contribution in [-0.2, 0) is 6.42 Å². The number of hydrogen-bond acceptors (Lipinski definition) is 3. The van der Waals surface area contributed by atoms with Gasteiger partial charge >= 0.3 is 0 Å². The van der Waals surface area contributed by atoms with Crippen LogP contribution in [0.3, 0.4) is 0 Å². The van der Waals surface area contributed by atoms with E-state index in [0.29, 0.717) is 41.0 Å². The Labute approximate surface area is 158 Å². The first kappa shape index (κ1) is 18.3. The summed E-state index contributed by atoms with van der Waals surface area (Å²) in [6.07, 6.45) is 2.42. The highest BCUT2D eigenvalue weighted by Crippen LogP contribution is 2.20. The van der Waals surface area contributed by atoms with E-state index in [1.54, 1.807) is 22.7 Å². The molecule has 0 radical (unpaired) electrons. The predicted molar refractivity (Wildman–Crippen MR) is 104 cm³/mol. The number of ether oxygens (including phenoxy) is 1. The lowest BCUT2D eigenvalue weighted by molar-refractivity contribution is 0.102. The molecule has 1 aromatic carbocycles. The molecule has 26 heavy (non-hydrogen) atoms. The predicted octanol–water partition coefficient (Wildman–Crippen LogP) is 4.84. The third-order valence-electron chi connectivity index (χ3n) is 3.91. The SMILES string of the molecule is CCc1nc2cc(Cl)ccn2c1C(=O)Nc1ccc(OCC(C)C)cc1. The standard InChI is InChI=1S/C20H22ClN3O2/c1-4-17-19(24-10-9-14(21)11-18(24)23-17)20(25)22-15-5-7-16(8-6-15)26-12-13(2)3/h5-11,13H,4,12H2,1-3H3,(H,22,25). The zero-order valence-electron chi connectivity index (χ0n) is 15.1. The van der Waals surface area contributed by atoms with Crippen molar-refractivity contribution in [1.82, 2.24) is 9.38 Å². The Morgan fingerprint density at radius 3 is 2.65 bits per heavy atom. The summed E-state index contributed by atoms with van der Waals surface area (Å²) in [5.74, 6) is 1.05. The fraction of sp³-hybridized carbons (Fsp3) is 0.300. The third kappa shape index (κ3) is 3.99. The molecule has 1 N–H and O–H groups in total. The molecule has 0 bridgehead atoms. The number of carbonyl (C=O) groups is 1. The van der Waals surface area contributed by atoms with Gasteiger partial charge in [0.25, 0.3) is 5.91 Å². The van der Waals surface area contributed by atoms with Crippen molar-refractivity contribution in [2.75, 3.05) is 11.9 Å². The molecule has 0 saturated heterocycles. The van der Waals surface area contributed by atoms with Crippen LogP contribution in [-0.4, -0.2) is 21.9 Å². The number of pyridine rings is 1. The molecule has 136 valence electrons. The fourth-order valence-corrected chi connectivity index (χ4v) is 2.80. The lowest BCUT2D eigenvalue weighted by Gasteiger charge is -2.10. The molecule has 0 saturated carbocycles. The number of carbonyl (C=O) groups excluding carboxylic acids is 1. The molecular formula is C20H22ClN3O2. The summed E-state index contributed by atoms with van der Waals surface area (Å²) in [6.45, 7) is 6.84. The summed E-state index contributed by atoms with van der Waals surface area (Å²) in [5.41, 5.74) is 2.63. The van der Waals surface area contributed by atoms with Gasteiger partial charge in [-0.1, -0.05) is 32.4 Å². The van der Waals surface area contributed by atoms with Crippen LogP contribution < -0.4 is 10.1 Å². The number of halogens is 1. The van der Waals surface area contributed by atoms with Gasteiger partial charge in [0.15, 0.2) is 0 Å². The smallest absolute Gasteiger partial charge is 0.274 e. The number of rotatable bonds is 6. The number of nitrogens with zero attached hydrogens (tertiary/aromatic N) is 2. The molecule has 0 atom stereocenters. The second-order valence-electron chi connectivity index (χ2n) is 6.52. The van der Waals surface area contributed by atoms with E-state index in [-0.39, 0.29) is 5.91 Å². The van der Waals surface area contributed by atoms with Gasteiger partial charge in [-0.2, -0.15) is 0 Å². The minimum atomic E-state index is -0.201. The van der Waals surface area contributed by atoms with Crippen molar-refractivity contribution in [3.63, 3.8) is 0 Å². The molecule has 0 aliphatic carbocycles. The van der Waals surface area contributed by atoms with Crippen molar-refractivity contribution in [2.24, 2.45) is 5.92 Å². The Bertz CT molecular complexity index is 917. The van der Waals surface area contributed by atoms with Gasteiger partial charge in [-0.25, -0.2) is 4.98 Å². The van der Waals surface area contributed by atoms with Gasteiger partial charge in [-0.3, -0.25) is 9.20 Å². The Kier molecular flexibility index (Phi) is 5.47. The zero-order chi connectivity index (χ0) is 18.7. The molecule has 5 nitrogen and oxygen atoms in total. The van der Waals surface area contributed by atoms with Gasteiger partial charge in [0, 0.05) is 23.0 Å². The van der Waals surface area contributed by atoms with Crippen LogP contribution in [0.1, 0.15) is 37.0 Å². The van der Waals surface area contributed by atoms with Crippen molar-refractivity contribution in [3.8, 4) is 5.75 Å². The Balaban J connectivity index is 1.81. The number of imidazole rings is 1. The Morgan fingerprint density at radius 1 is 1.27 bits per heavy atom. The molecule has 3 rings (SSSR count). The summed E-state index contributed by atoms with van der Waals surface area (Å²) >= 11 is 6.03. The van der Waals surface area contributed by atoms with Crippen LogP contribution in [0.2, 0.25) is 5.02 Å². The Hall–Kier alpha value is -2.53. The van der Waals surface area contributed by atoms with E-state index in [2.05, 4.69) is 24.1 Å². The average Bonchev–Trinajstić information content (AvgIpc) is 2.98. The van der Waals surface area contributed by atoms with E-state index < -0.39 is 0 Å². The first-order valence-electron chi connectivity index (χ1n) is 8.68. The van der Waals surface area contributed by atoms with Crippen LogP contribution in [0.25, 0.3) is 5.65 Å². The van der Waals surface area contributed by atoms with Crippen molar-refractivity contribution >= 4 is 28.8 Å². The highest BCUT2D eigenvalue weighted by molar-refractivity contribution is 6.30. The number of amides is 1. The highest BCUT2D eigenvalue weighted by Gasteiger charge is 2.18. The van der Waals surface area contributed by atoms with Crippen LogP contribution in [0, 0.1) is 5.92 Å². The lowest BCUT2D eigenvalue weighted by atomic mass is 10.2. The molecule has 0 unspecified atom stereocenters. The van der Waals surface area contributed by atoms with Crippen molar-refractivity contribution in [2.45, 2.75) is 27.2 Å². The van der Waals surface area contributed by atoms with Gasteiger partial charge < -0.3 is 10.1 Å². The second kappa shape index (κ2) is 7.79. The molecular weight excluding hydrogens is 350 g/mol. The summed E-state index contributed by atoms with van der Waals surface area (Å²) < 4.78 is 7.43. The molecule has 0 aliphatic heterocycles. The van der Waals surface area contributed by atoms with Crippen LogP contribution in [0.4, 0.5) is 5.69 Å². The summed E-state index contributed by atoms with van der Waals surface area (Å²) in [4.78, 5) is 17.3. The molecule has 0 spiro atoms. The number of aromatic nitrogens is 2. The summed E-state index contributed by atoms with van der Waals surface area (Å²) in [7, 11) is 0. The van der Waals surface area contributed by atoms with Crippen molar-refractivity contribution in [3.05, 3.63) is 59.0 Å². The third-order valence-corrected chi connectivity index (χ3v) is 4.14. The van der Waals surface area contributed by atoms with Gasteiger partial charge in [0.1, 0.15) is 17.1 Å². The van der Waals surface area contributed by atoms with E-state index in [0.717, 1.165) is 11.4 Å². The van der Waals surface area contributed by atoms with Crippen molar-refractivity contribution in [1.29, 1.82) is 0 Å². The van der Waals surface area contributed by atoms with Crippen molar-refractivity contribution < 1.29 is 9.53 Å². The van der Waals surface area contributed by atoms with E-state index in [9.17, 15) is 4.79 Å². The van der Waals surface area contributed by atoms with Gasteiger partial charge in [-0.05, 0) is 42.7 Å². The zero-order valence-corrected chi connectivity index (χ0v) is 15.9. The van der Waals surface area contributed by atoms with E-state index in [4.69, 9.17) is 16.3 Å². The van der Waals surface area contributed by atoms with Gasteiger partial charge in [0.2, 0.25) is 0 Å². The summed E-state index contributed by atoms with van der Waals surface area (Å²) in [6, 6.07) is 10.9. The number of fused-ring (bicyclic) bond motifs is 1. The fourth-order valence-electron chi connectivity index (χ4n) is 2.64. The number of nitrogens with one attached hydrogen (secondary N) is 1. The summed E-state index contributed by atoms with van der Waals surface area (Å²) in [5, 5.41) is 3.52. The molecule has 2 heterocycles. The molecule has 1 amide bonds. The quantitative estimate of drug-likeness (QED) is 0.674. The van der Waals surface area contributed by atoms with E-state index >= 15 is 0 Å². The first-order chi connectivity index (χ1) is 12.5. The number of hydrogen-bond donors (Lipinski definition) is 1. The maximum absolute atomic E-state index is 12.8. The van der Waals surface area contributed by atoms with Crippen LogP contribution >= 0.6 is 11.6 Å². The number of benzene rings is 1.